The Kier molecular flexibility index (Phi) is 6.01. The van der Waals surface area contributed by atoms with Crippen molar-refractivity contribution in [2.24, 2.45) is 17.8 Å². The van der Waals surface area contributed by atoms with Gasteiger partial charge >= 0.3 is 0 Å². The first kappa shape index (κ1) is 15.9. The molecule has 0 heterocycles. The van der Waals surface area contributed by atoms with E-state index in [9.17, 15) is 8.78 Å². The van der Waals surface area contributed by atoms with Crippen LogP contribution in [0, 0.1) is 17.8 Å². The van der Waals surface area contributed by atoms with Crippen LogP contribution in [-0.2, 0) is 4.74 Å². The third-order valence-corrected chi connectivity index (χ3v) is 5.17. The van der Waals surface area contributed by atoms with Gasteiger partial charge in [-0.3, -0.25) is 0 Å². The molecule has 116 valence electrons. The Balaban J connectivity index is 1.84. The lowest BCUT2D eigenvalue weighted by atomic mass is 9.69. The van der Waals surface area contributed by atoms with Gasteiger partial charge in [-0.25, -0.2) is 8.78 Å². The second-order valence-corrected chi connectivity index (χ2v) is 6.64. The Morgan fingerprint density at radius 3 is 2.40 bits per heavy atom. The minimum Gasteiger partial charge on any atom is -0.375 e. The van der Waals surface area contributed by atoms with Crippen LogP contribution in [0.15, 0.2) is 12.7 Å². The van der Waals surface area contributed by atoms with Crippen LogP contribution in [0.25, 0.3) is 0 Å². The highest BCUT2D eigenvalue weighted by Crippen LogP contribution is 2.42. The van der Waals surface area contributed by atoms with E-state index in [1.54, 1.807) is 6.08 Å². The summed E-state index contributed by atoms with van der Waals surface area (Å²) in [5, 5.41) is 0. The van der Waals surface area contributed by atoms with E-state index in [-0.39, 0.29) is 5.92 Å². The molecule has 0 aromatic rings. The molecular weight excluding hydrogens is 258 g/mol. The molecule has 0 aromatic heterocycles. The number of halogens is 2. The van der Waals surface area contributed by atoms with Crippen LogP contribution in [0.4, 0.5) is 8.78 Å². The van der Waals surface area contributed by atoms with E-state index in [0.29, 0.717) is 25.4 Å². The minimum absolute atomic E-state index is 0.0863. The van der Waals surface area contributed by atoms with Crippen molar-refractivity contribution in [1.29, 1.82) is 0 Å². The van der Waals surface area contributed by atoms with Gasteiger partial charge in [0.2, 0.25) is 0 Å². The van der Waals surface area contributed by atoms with Crippen LogP contribution in [0.5, 0.6) is 0 Å². The zero-order valence-electron chi connectivity index (χ0n) is 12.6. The molecule has 0 N–H and O–H groups in total. The fourth-order valence-corrected chi connectivity index (χ4v) is 3.80. The van der Waals surface area contributed by atoms with Crippen molar-refractivity contribution in [2.45, 2.75) is 70.3 Å². The molecule has 0 aromatic carbocycles. The van der Waals surface area contributed by atoms with E-state index >= 15 is 0 Å². The first-order valence-corrected chi connectivity index (χ1v) is 8.14. The molecule has 4 atom stereocenters. The fraction of sp³-hybridized carbons (Fsp3) is 0.882. The van der Waals surface area contributed by atoms with Crippen molar-refractivity contribution in [2.75, 3.05) is 6.61 Å². The van der Waals surface area contributed by atoms with Crippen molar-refractivity contribution in [3.63, 3.8) is 0 Å². The molecule has 2 fully saturated rings. The van der Waals surface area contributed by atoms with Crippen molar-refractivity contribution < 1.29 is 13.5 Å². The number of hydrogen-bond acceptors (Lipinski definition) is 1. The molecule has 0 radical (unpaired) electrons. The van der Waals surface area contributed by atoms with Crippen molar-refractivity contribution >= 4 is 0 Å². The molecule has 3 unspecified atom stereocenters. The lowest BCUT2D eigenvalue weighted by Gasteiger charge is -2.40. The lowest BCUT2D eigenvalue weighted by Crippen LogP contribution is -2.45. The summed E-state index contributed by atoms with van der Waals surface area (Å²) in [6, 6.07) is 0. The summed E-state index contributed by atoms with van der Waals surface area (Å²) in [5.74, 6) is 1.05. The number of rotatable bonds is 5. The Morgan fingerprint density at radius 2 is 1.75 bits per heavy atom. The van der Waals surface area contributed by atoms with Crippen LogP contribution in [0.3, 0.4) is 0 Å². The molecule has 0 saturated heterocycles. The second-order valence-electron chi connectivity index (χ2n) is 6.64. The molecule has 1 nitrogen and oxygen atoms in total. The highest BCUT2D eigenvalue weighted by atomic mass is 19.2. The Labute approximate surface area is 121 Å². The summed E-state index contributed by atoms with van der Waals surface area (Å²) in [4.78, 5) is 0. The van der Waals surface area contributed by atoms with E-state index in [1.165, 1.54) is 12.8 Å². The number of ether oxygens (including phenoxy) is 1. The van der Waals surface area contributed by atoms with E-state index in [2.05, 4.69) is 13.5 Å². The van der Waals surface area contributed by atoms with Gasteiger partial charge < -0.3 is 4.74 Å². The largest absolute Gasteiger partial charge is 0.375 e. The molecule has 0 spiro atoms. The molecule has 2 rings (SSSR count). The van der Waals surface area contributed by atoms with Crippen molar-refractivity contribution in [1.82, 2.24) is 0 Å². The smallest absolute Gasteiger partial charge is 0.157 e. The Hall–Kier alpha value is -0.440. The normalized spacial score (nSPS) is 42.4. The third-order valence-electron chi connectivity index (χ3n) is 5.17. The molecule has 0 amide bonds. The van der Waals surface area contributed by atoms with Crippen LogP contribution in [0.1, 0.15) is 51.9 Å². The van der Waals surface area contributed by atoms with Crippen LogP contribution >= 0.6 is 0 Å². The number of hydrogen-bond donors (Lipinski definition) is 0. The molecule has 0 bridgehead atoms. The summed E-state index contributed by atoms with van der Waals surface area (Å²) >= 11 is 0. The second kappa shape index (κ2) is 7.53. The van der Waals surface area contributed by atoms with Crippen LogP contribution in [-0.4, -0.2) is 25.1 Å². The van der Waals surface area contributed by atoms with Crippen LogP contribution in [0.2, 0.25) is 0 Å². The fourth-order valence-electron chi connectivity index (χ4n) is 3.80. The van der Waals surface area contributed by atoms with Gasteiger partial charge in [0, 0.05) is 0 Å². The minimum atomic E-state index is -1.45. The molecule has 0 aliphatic heterocycles. The highest BCUT2D eigenvalue weighted by Gasteiger charge is 2.44. The predicted molar refractivity (Wildman–Crippen MR) is 78.2 cm³/mol. The first-order valence-electron chi connectivity index (χ1n) is 8.14. The number of alkyl halides is 2. The van der Waals surface area contributed by atoms with E-state index in [1.807, 2.05) is 0 Å². The zero-order chi connectivity index (χ0) is 14.5. The van der Waals surface area contributed by atoms with Gasteiger partial charge in [0.25, 0.3) is 0 Å². The quantitative estimate of drug-likeness (QED) is 0.518. The predicted octanol–water partition coefficient (Wildman–Crippen LogP) is 4.86. The monoisotopic (exact) mass is 286 g/mol. The SMILES string of the molecule is C=CCCOC1CC[C@@H](C2CCC(C)CC2)C(F)C1F. The lowest BCUT2D eigenvalue weighted by molar-refractivity contribution is -0.0862. The van der Waals surface area contributed by atoms with E-state index in [0.717, 1.165) is 25.2 Å². The Bertz CT molecular complexity index is 299. The molecule has 2 saturated carbocycles. The van der Waals surface area contributed by atoms with Crippen molar-refractivity contribution in [3.05, 3.63) is 12.7 Å². The molecule has 2 aliphatic rings. The Morgan fingerprint density at radius 1 is 1.05 bits per heavy atom. The molecule has 20 heavy (non-hydrogen) atoms. The maximum atomic E-state index is 14.4. The summed E-state index contributed by atoms with van der Waals surface area (Å²) in [7, 11) is 0. The summed E-state index contributed by atoms with van der Waals surface area (Å²) in [6.07, 6.45) is 5.03. The van der Waals surface area contributed by atoms with Crippen LogP contribution < -0.4 is 0 Å². The first-order chi connectivity index (χ1) is 9.63. The summed E-state index contributed by atoms with van der Waals surface area (Å²) in [5.41, 5.74) is 0. The molecule has 3 heteroatoms. The van der Waals surface area contributed by atoms with Crippen molar-refractivity contribution in [3.8, 4) is 0 Å². The van der Waals surface area contributed by atoms with Gasteiger partial charge in [-0.1, -0.05) is 25.8 Å². The van der Waals surface area contributed by atoms with Gasteiger partial charge in [-0.05, 0) is 49.9 Å². The van der Waals surface area contributed by atoms with Gasteiger partial charge in [-0.15, -0.1) is 6.58 Å². The maximum absolute atomic E-state index is 14.4. The van der Waals surface area contributed by atoms with E-state index in [4.69, 9.17) is 4.74 Å². The standard InChI is InChI=1S/C17H28F2O/c1-3-4-11-20-15-10-9-14(16(18)17(15)19)13-7-5-12(2)6-8-13/h3,12-17H,1,4-11H2,2H3/t12?,13?,14-,15?,16?,17?/m0/s1. The average molecular weight is 286 g/mol. The summed E-state index contributed by atoms with van der Waals surface area (Å²) < 4.78 is 34.1. The highest BCUT2D eigenvalue weighted by molar-refractivity contribution is 4.93. The molecule has 2 aliphatic carbocycles. The van der Waals surface area contributed by atoms with Gasteiger partial charge in [0.1, 0.15) is 6.17 Å². The maximum Gasteiger partial charge on any atom is 0.157 e. The van der Waals surface area contributed by atoms with Gasteiger partial charge in [0.15, 0.2) is 6.17 Å². The topological polar surface area (TPSA) is 9.23 Å². The summed E-state index contributed by atoms with van der Waals surface area (Å²) in [6.45, 7) is 6.32. The van der Waals surface area contributed by atoms with Gasteiger partial charge in [0.05, 0.1) is 12.7 Å². The third kappa shape index (κ3) is 3.81. The zero-order valence-corrected chi connectivity index (χ0v) is 12.6. The average Bonchev–Trinajstić information content (AvgIpc) is 2.45. The van der Waals surface area contributed by atoms with Gasteiger partial charge in [-0.2, -0.15) is 0 Å². The molecular formula is C17H28F2O. The van der Waals surface area contributed by atoms with E-state index < -0.39 is 18.4 Å².